The summed E-state index contributed by atoms with van der Waals surface area (Å²) < 4.78 is 16.4. The van der Waals surface area contributed by atoms with Crippen LogP contribution in [0.1, 0.15) is 30.0 Å². The van der Waals surface area contributed by atoms with E-state index in [1.165, 1.54) is 101 Å². The summed E-state index contributed by atoms with van der Waals surface area (Å²) in [4.78, 5) is 126. The van der Waals surface area contributed by atoms with Crippen LogP contribution < -0.4 is 16.0 Å². The van der Waals surface area contributed by atoms with Crippen molar-refractivity contribution in [3.05, 3.63) is 53.1 Å². The molecule has 0 radical (unpaired) electrons. The van der Waals surface area contributed by atoms with Crippen LogP contribution in [-0.2, 0) is 43.0 Å². The summed E-state index contributed by atoms with van der Waals surface area (Å²) in [5, 5.41) is 7.09. The molecule has 21 heteroatoms. The van der Waals surface area contributed by atoms with Crippen LogP contribution >= 0.6 is 0 Å². The van der Waals surface area contributed by atoms with Gasteiger partial charge in [-0.3, -0.25) is 16.0 Å². The van der Waals surface area contributed by atoms with E-state index in [1.54, 1.807) is 0 Å². The molecule has 0 unspecified atom stereocenters. The number of amides is 3. The molecule has 284 valence electrons. The van der Waals surface area contributed by atoms with Crippen LogP contribution in [0, 0.1) is 20.8 Å². The van der Waals surface area contributed by atoms with Gasteiger partial charge in [-0.1, -0.05) is 6.92 Å². The van der Waals surface area contributed by atoms with Crippen molar-refractivity contribution in [2.45, 2.75) is 39.7 Å². The fourth-order valence-electron chi connectivity index (χ4n) is 4.68. The Balaban J connectivity index is 1.94. The molecule has 0 aliphatic rings. The van der Waals surface area contributed by atoms with Crippen LogP contribution in [0.4, 0.5) is 65.6 Å². The van der Waals surface area contributed by atoms with Gasteiger partial charge in [0, 0.05) is 33.8 Å². The SMILES string of the molecule is CCC(COC(=O)Nc1cc(N=C=O)c(C)c(N=C=O)c1)(COC(=O)Nc1cc(N=C=O)c(C)c(N=C=O)c1)OC(=O)Nc1cc(N=C=O)c(C)c(N=C=O)c1. The Morgan fingerprint density at radius 2 is 0.750 bits per heavy atom. The highest BCUT2D eigenvalue weighted by Gasteiger charge is 2.37. The van der Waals surface area contributed by atoms with Crippen LogP contribution in [0.25, 0.3) is 0 Å². The first-order valence-electron chi connectivity index (χ1n) is 15.6. The highest BCUT2D eigenvalue weighted by Crippen LogP contribution is 2.35. The normalized spacial score (nSPS) is 10.7. The standard InChI is InChI=1S/C35H27N9O12/c1-5-35(56-34(53)44-25-10-30(40-18-49)22(4)31(11-25)41-19-50,12-54-32(51)42-23-6-26(36-14-45)20(2)27(7-23)37-15-46)13-55-33(52)43-24-8-28(38-16-47)21(3)29(9-24)39-17-48/h6-11H,5,12-13H2,1-4H3,(H,42,51)(H,43,52)(H,44,53). The number of hydrogen-bond acceptors (Lipinski definition) is 18. The summed E-state index contributed by atoms with van der Waals surface area (Å²) in [5.74, 6) is 0. The number of ether oxygens (including phenoxy) is 3. The van der Waals surface area contributed by atoms with Gasteiger partial charge in [0.15, 0.2) is 5.60 Å². The van der Waals surface area contributed by atoms with Gasteiger partial charge in [-0.15, -0.1) is 0 Å². The first kappa shape index (κ1) is 42.2. The summed E-state index contributed by atoms with van der Waals surface area (Å²) in [6, 6.07) is 7.51. The van der Waals surface area contributed by atoms with Crippen LogP contribution in [0.5, 0.6) is 0 Å². The minimum Gasteiger partial charge on any atom is -0.445 e. The van der Waals surface area contributed by atoms with Gasteiger partial charge in [-0.25, -0.2) is 43.2 Å². The van der Waals surface area contributed by atoms with E-state index in [9.17, 15) is 43.2 Å². The summed E-state index contributed by atoms with van der Waals surface area (Å²) in [7, 11) is 0. The number of rotatable bonds is 15. The van der Waals surface area contributed by atoms with E-state index in [0.717, 1.165) is 0 Å². The summed E-state index contributed by atoms with van der Waals surface area (Å²) in [6.07, 6.45) is 4.40. The Morgan fingerprint density at radius 1 is 0.500 bits per heavy atom. The van der Waals surface area contributed by atoms with Gasteiger partial charge >= 0.3 is 18.3 Å². The van der Waals surface area contributed by atoms with Crippen LogP contribution in [0.15, 0.2) is 66.4 Å². The Bertz CT molecular complexity index is 2130. The Morgan fingerprint density at radius 3 is 0.982 bits per heavy atom. The van der Waals surface area contributed by atoms with Gasteiger partial charge in [-0.2, -0.15) is 30.0 Å². The zero-order valence-corrected chi connectivity index (χ0v) is 29.7. The highest BCUT2D eigenvalue weighted by molar-refractivity contribution is 5.90. The number of benzene rings is 3. The van der Waals surface area contributed by atoms with Crippen molar-refractivity contribution >= 4 is 106 Å². The van der Waals surface area contributed by atoms with E-state index in [4.69, 9.17) is 14.2 Å². The number of nitrogens with zero attached hydrogens (tertiary/aromatic N) is 6. The lowest BCUT2D eigenvalue weighted by Crippen LogP contribution is -2.46. The molecule has 3 aromatic rings. The fourth-order valence-corrected chi connectivity index (χ4v) is 4.68. The van der Waals surface area contributed by atoms with Crippen molar-refractivity contribution in [1.82, 2.24) is 0 Å². The van der Waals surface area contributed by atoms with Gasteiger partial charge in [0.2, 0.25) is 36.5 Å². The smallest absolute Gasteiger partial charge is 0.412 e. The molecule has 0 saturated carbocycles. The molecule has 0 fully saturated rings. The first-order chi connectivity index (χ1) is 26.9. The number of aliphatic imine (C=N–C) groups is 6. The molecule has 3 rings (SSSR count). The fraction of sp³-hybridized carbons (Fsp3) is 0.229. The number of nitrogens with one attached hydrogen (secondary N) is 3. The van der Waals surface area contributed by atoms with E-state index in [2.05, 4.69) is 45.9 Å². The molecule has 0 saturated heterocycles. The minimum absolute atomic E-state index is 0.00580. The average molecular weight is 766 g/mol. The van der Waals surface area contributed by atoms with Gasteiger partial charge in [0.05, 0.1) is 34.1 Å². The van der Waals surface area contributed by atoms with E-state index < -0.39 is 37.1 Å². The van der Waals surface area contributed by atoms with E-state index in [0.29, 0.717) is 11.1 Å². The van der Waals surface area contributed by atoms with Gasteiger partial charge in [-0.05, 0) is 63.6 Å². The summed E-state index contributed by atoms with van der Waals surface area (Å²) >= 11 is 0. The number of anilines is 3. The first-order valence-corrected chi connectivity index (χ1v) is 15.6. The molecule has 3 aromatic carbocycles. The molecule has 56 heavy (non-hydrogen) atoms. The van der Waals surface area contributed by atoms with Crippen molar-refractivity contribution in [3.63, 3.8) is 0 Å². The molecular weight excluding hydrogens is 738 g/mol. The lowest BCUT2D eigenvalue weighted by molar-refractivity contribution is -0.0648. The third-order valence-corrected chi connectivity index (χ3v) is 7.68. The second-order valence-corrected chi connectivity index (χ2v) is 11.1. The molecule has 21 nitrogen and oxygen atoms in total. The molecule has 0 atom stereocenters. The lowest BCUT2D eigenvalue weighted by atomic mass is 10.0. The van der Waals surface area contributed by atoms with Crippen LogP contribution in [0.2, 0.25) is 0 Å². The Labute approximate surface area is 315 Å². The van der Waals surface area contributed by atoms with Crippen LogP contribution in [0.3, 0.4) is 0 Å². The van der Waals surface area contributed by atoms with E-state index >= 15 is 0 Å². The average Bonchev–Trinajstić information content (AvgIpc) is 3.15. The van der Waals surface area contributed by atoms with Crippen molar-refractivity contribution in [2.24, 2.45) is 30.0 Å². The second-order valence-electron chi connectivity index (χ2n) is 11.1. The van der Waals surface area contributed by atoms with E-state index in [1.807, 2.05) is 0 Å². The van der Waals surface area contributed by atoms with Crippen molar-refractivity contribution in [3.8, 4) is 0 Å². The third-order valence-electron chi connectivity index (χ3n) is 7.68. The van der Waals surface area contributed by atoms with Crippen molar-refractivity contribution in [2.75, 3.05) is 29.2 Å². The number of hydrogen-bond donors (Lipinski definition) is 3. The largest absolute Gasteiger partial charge is 0.445 e. The molecule has 0 aliphatic carbocycles. The number of carbonyl (C=O) groups is 3. The number of carbonyl (C=O) groups excluding carboxylic acids is 9. The molecule has 0 aromatic heterocycles. The lowest BCUT2D eigenvalue weighted by Gasteiger charge is -2.31. The highest BCUT2D eigenvalue weighted by atomic mass is 16.6. The molecule has 0 aliphatic heterocycles. The number of isocyanates is 6. The zero-order valence-electron chi connectivity index (χ0n) is 29.7. The summed E-state index contributed by atoms with van der Waals surface area (Å²) in [5.41, 5.74) is -1.14. The Hall–Kier alpha value is -8.25. The third kappa shape index (κ3) is 11.4. The summed E-state index contributed by atoms with van der Waals surface area (Å²) in [6.45, 7) is 4.46. The second kappa shape index (κ2) is 20.1. The molecule has 0 bridgehead atoms. The molecular formula is C35H27N9O12. The molecule has 0 heterocycles. The maximum Gasteiger partial charge on any atom is 0.412 e. The zero-order chi connectivity index (χ0) is 41.3. The van der Waals surface area contributed by atoms with Gasteiger partial charge < -0.3 is 14.2 Å². The van der Waals surface area contributed by atoms with Gasteiger partial charge in [0.25, 0.3) is 0 Å². The maximum atomic E-state index is 13.3. The Kier molecular flexibility index (Phi) is 15.1. The van der Waals surface area contributed by atoms with Crippen LogP contribution in [-0.4, -0.2) is 73.6 Å². The van der Waals surface area contributed by atoms with Crippen molar-refractivity contribution < 1.29 is 57.4 Å². The van der Waals surface area contributed by atoms with E-state index in [-0.39, 0.29) is 63.2 Å². The minimum atomic E-state index is -1.93. The molecule has 3 amide bonds. The predicted molar refractivity (Wildman–Crippen MR) is 193 cm³/mol. The molecule has 0 spiro atoms. The molecule has 3 N–H and O–H groups in total. The van der Waals surface area contributed by atoms with Crippen molar-refractivity contribution in [1.29, 1.82) is 0 Å². The maximum absolute atomic E-state index is 13.3. The monoisotopic (exact) mass is 765 g/mol. The predicted octanol–water partition coefficient (Wildman–Crippen LogP) is 6.61. The topological polar surface area (TPSA) is 292 Å². The quantitative estimate of drug-likeness (QED) is 0.0836. The van der Waals surface area contributed by atoms with Gasteiger partial charge in [0.1, 0.15) is 13.2 Å².